The van der Waals surface area contributed by atoms with E-state index in [1.807, 2.05) is 0 Å². The Morgan fingerprint density at radius 2 is 1.43 bits per heavy atom. The van der Waals surface area contributed by atoms with Crippen LogP contribution < -0.4 is 0 Å². The van der Waals surface area contributed by atoms with E-state index >= 15 is 0 Å². The molecule has 0 aromatic heterocycles. The zero-order valence-corrected chi connectivity index (χ0v) is 20.0. The van der Waals surface area contributed by atoms with Gasteiger partial charge in [0.15, 0.2) is 0 Å². The Bertz CT molecular complexity index is 753. The molecule has 3 aliphatic carbocycles. The summed E-state index contributed by atoms with van der Waals surface area (Å²) in [6.45, 7) is 18.6. The van der Waals surface area contributed by atoms with Crippen LogP contribution in [-0.4, -0.2) is 0 Å². The normalized spacial score (nSPS) is 39.2. The predicted octanol–water partition coefficient (Wildman–Crippen LogP) is 8.27. The molecule has 0 saturated heterocycles. The Balaban J connectivity index is 1.29. The minimum Gasteiger partial charge on any atom is -0.0995 e. The molecule has 0 spiro atoms. The van der Waals surface area contributed by atoms with E-state index in [-0.39, 0.29) is 0 Å². The maximum atomic E-state index is 4.27. The Labute approximate surface area is 186 Å². The molecule has 164 valence electrons. The quantitative estimate of drug-likeness (QED) is 0.433. The van der Waals surface area contributed by atoms with E-state index in [0.29, 0.717) is 5.92 Å². The maximum absolute atomic E-state index is 4.27. The number of aryl methyl sites for hydroxylation is 1. The van der Waals surface area contributed by atoms with Crippen LogP contribution in [0.1, 0.15) is 77.3 Å². The summed E-state index contributed by atoms with van der Waals surface area (Å²) in [6.07, 6.45) is 10.4. The molecule has 0 bridgehead atoms. The van der Waals surface area contributed by atoms with Crippen molar-refractivity contribution in [2.24, 2.45) is 47.3 Å². The third kappa shape index (κ3) is 4.49. The van der Waals surface area contributed by atoms with Gasteiger partial charge in [-0.05, 0) is 103 Å². The molecule has 0 N–H and O–H groups in total. The first kappa shape index (κ1) is 21.9. The van der Waals surface area contributed by atoms with Crippen LogP contribution in [0.4, 0.5) is 0 Å². The molecule has 0 nitrogen and oxygen atoms in total. The van der Waals surface area contributed by atoms with E-state index in [9.17, 15) is 0 Å². The first-order valence-electron chi connectivity index (χ1n) is 12.8. The van der Waals surface area contributed by atoms with Crippen molar-refractivity contribution >= 4 is 0 Å². The number of benzene rings is 1. The number of rotatable bonds is 5. The number of hydrogen-bond donors (Lipinski definition) is 0. The van der Waals surface area contributed by atoms with Crippen LogP contribution in [0, 0.1) is 47.3 Å². The zero-order chi connectivity index (χ0) is 21.4. The summed E-state index contributed by atoms with van der Waals surface area (Å²) < 4.78 is 0. The molecule has 3 aliphatic rings. The molecule has 1 aromatic rings. The van der Waals surface area contributed by atoms with E-state index in [1.54, 1.807) is 0 Å². The summed E-state index contributed by atoms with van der Waals surface area (Å²) in [4.78, 5) is 0. The molecule has 4 rings (SSSR count). The highest BCUT2D eigenvalue weighted by Crippen LogP contribution is 2.53. The van der Waals surface area contributed by atoms with Crippen LogP contribution in [0.3, 0.4) is 0 Å². The van der Waals surface area contributed by atoms with Gasteiger partial charge in [-0.1, -0.05) is 82.7 Å². The Morgan fingerprint density at radius 3 is 2.07 bits per heavy atom. The number of allylic oxidation sites excluding steroid dienone is 2. The highest BCUT2D eigenvalue weighted by molar-refractivity contribution is 5.28. The van der Waals surface area contributed by atoms with Crippen LogP contribution in [0.15, 0.2) is 48.6 Å². The van der Waals surface area contributed by atoms with Crippen LogP contribution >= 0.6 is 0 Å². The minimum atomic E-state index is 0.614. The molecule has 0 radical (unpaired) electrons. The second-order valence-electron chi connectivity index (χ2n) is 11.5. The molecule has 1 aromatic carbocycles. The maximum Gasteiger partial charge on any atom is -0.0111 e. The predicted molar refractivity (Wildman–Crippen MR) is 130 cm³/mol. The van der Waals surface area contributed by atoms with Gasteiger partial charge < -0.3 is 0 Å². The van der Waals surface area contributed by atoms with Gasteiger partial charge in [-0.2, -0.15) is 0 Å². The monoisotopic (exact) mass is 404 g/mol. The van der Waals surface area contributed by atoms with Gasteiger partial charge in [0.2, 0.25) is 0 Å². The zero-order valence-electron chi connectivity index (χ0n) is 20.0. The van der Waals surface area contributed by atoms with E-state index < -0.39 is 0 Å². The SMILES string of the molecule is C=C1CC(=C)C(Cc2ccc(CCC3CCC4C(C)C(C)C(C)C(C)C4C3)cc2)C1. The summed E-state index contributed by atoms with van der Waals surface area (Å²) in [7, 11) is 0. The van der Waals surface area contributed by atoms with Crippen molar-refractivity contribution in [3.05, 3.63) is 59.7 Å². The molecular weight excluding hydrogens is 360 g/mol. The molecule has 30 heavy (non-hydrogen) atoms. The summed E-state index contributed by atoms with van der Waals surface area (Å²) >= 11 is 0. The Hall–Kier alpha value is -1.30. The summed E-state index contributed by atoms with van der Waals surface area (Å²) in [5.41, 5.74) is 5.74. The lowest BCUT2D eigenvalue weighted by Crippen LogP contribution is -2.45. The van der Waals surface area contributed by atoms with Gasteiger partial charge in [-0.25, -0.2) is 0 Å². The van der Waals surface area contributed by atoms with Crippen molar-refractivity contribution in [1.82, 2.24) is 0 Å². The summed E-state index contributed by atoms with van der Waals surface area (Å²) in [6, 6.07) is 9.52. The second kappa shape index (κ2) is 9.05. The summed E-state index contributed by atoms with van der Waals surface area (Å²) in [5, 5.41) is 0. The number of fused-ring (bicyclic) bond motifs is 1. The standard InChI is InChI=1S/C30H44/c1-19-15-20(2)28(16-19)17-26-10-7-25(8-11-26)9-12-27-13-14-29-23(5)21(3)22(4)24(6)30(29)18-27/h7-8,10-11,21-24,27-30H,1-2,9,12-18H2,3-6H3. The van der Waals surface area contributed by atoms with E-state index in [2.05, 4.69) is 65.1 Å². The molecule has 3 fully saturated rings. The van der Waals surface area contributed by atoms with Crippen molar-refractivity contribution in [3.8, 4) is 0 Å². The summed E-state index contributed by atoms with van der Waals surface area (Å²) in [5.74, 6) is 7.13. The third-order valence-electron chi connectivity index (χ3n) is 9.84. The van der Waals surface area contributed by atoms with Crippen molar-refractivity contribution in [2.45, 2.75) is 79.1 Å². The van der Waals surface area contributed by atoms with Crippen LogP contribution in [0.25, 0.3) is 0 Å². The molecule has 3 saturated carbocycles. The van der Waals surface area contributed by atoms with Gasteiger partial charge in [-0.15, -0.1) is 0 Å². The third-order valence-corrected chi connectivity index (χ3v) is 9.84. The lowest BCUT2D eigenvalue weighted by Gasteiger charge is -2.52. The van der Waals surface area contributed by atoms with E-state index in [0.717, 1.165) is 60.7 Å². The average molecular weight is 405 g/mol. The minimum absolute atomic E-state index is 0.614. The fourth-order valence-electron chi connectivity index (χ4n) is 7.32. The first-order chi connectivity index (χ1) is 14.3. The van der Waals surface area contributed by atoms with Gasteiger partial charge in [-0.3, -0.25) is 0 Å². The van der Waals surface area contributed by atoms with Crippen molar-refractivity contribution in [3.63, 3.8) is 0 Å². The van der Waals surface area contributed by atoms with Gasteiger partial charge in [0.05, 0.1) is 0 Å². The largest absolute Gasteiger partial charge is 0.0995 e. The van der Waals surface area contributed by atoms with Gasteiger partial charge in [0.1, 0.15) is 0 Å². The molecule has 8 atom stereocenters. The Morgan fingerprint density at radius 1 is 0.800 bits per heavy atom. The highest BCUT2D eigenvalue weighted by Gasteiger charge is 2.45. The highest BCUT2D eigenvalue weighted by atomic mass is 14.5. The van der Waals surface area contributed by atoms with E-state index in [1.165, 1.54) is 54.4 Å². The molecule has 0 amide bonds. The van der Waals surface area contributed by atoms with Crippen LogP contribution in [0.5, 0.6) is 0 Å². The first-order valence-corrected chi connectivity index (χ1v) is 12.8. The Kier molecular flexibility index (Phi) is 6.61. The molecular formula is C30H44. The lowest BCUT2D eigenvalue weighted by atomic mass is 9.53. The van der Waals surface area contributed by atoms with Gasteiger partial charge in [0, 0.05) is 0 Å². The fourth-order valence-corrected chi connectivity index (χ4v) is 7.32. The van der Waals surface area contributed by atoms with Crippen molar-refractivity contribution < 1.29 is 0 Å². The smallest absolute Gasteiger partial charge is 0.0111 e. The van der Waals surface area contributed by atoms with Gasteiger partial charge >= 0.3 is 0 Å². The fraction of sp³-hybridized carbons (Fsp3) is 0.667. The molecule has 0 aliphatic heterocycles. The molecule has 0 heteroatoms. The second-order valence-corrected chi connectivity index (χ2v) is 11.5. The molecule has 8 unspecified atom stereocenters. The van der Waals surface area contributed by atoms with Crippen LogP contribution in [-0.2, 0) is 12.8 Å². The lowest BCUT2D eigenvalue weighted by molar-refractivity contribution is -0.0290. The van der Waals surface area contributed by atoms with Crippen LogP contribution in [0.2, 0.25) is 0 Å². The van der Waals surface area contributed by atoms with Gasteiger partial charge in [0.25, 0.3) is 0 Å². The molecule has 0 heterocycles. The van der Waals surface area contributed by atoms with Crippen molar-refractivity contribution in [1.29, 1.82) is 0 Å². The van der Waals surface area contributed by atoms with E-state index in [4.69, 9.17) is 0 Å². The number of hydrogen-bond acceptors (Lipinski definition) is 0. The van der Waals surface area contributed by atoms with Crippen molar-refractivity contribution in [2.75, 3.05) is 0 Å². The topological polar surface area (TPSA) is 0 Å². The average Bonchev–Trinajstić information content (AvgIpc) is 3.06.